The van der Waals surface area contributed by atoms with Gasteiger partial charge in [-0.1, -0.05) is 23.7 Å². The van der Waals surface area contributed by atoms with Crippen LogP contribution < -0.4 is 9.64 Å². The summed E-state index contributed by atoms with van der Waals surface area (Å²) in [4.78, 5) is 4.55. The Morgan fingerprint density at radius 1 is 1.00 bits per heavy atom. The van der Waals surface area contributed by atoms with Crippen molar-refractivity contribution < 1.29 is 9.13 Å². The average Bonchev–Trinajstić information content (AvgIpc) is 3.13. The topological polar surface area (TPSA) is 15.7 Å². The van der Waals surface area contributed by atoms with E-state index in [1.165, 1.54) is 23.6 Å². The lowest BCUT2D eigenvalue weighted by molar-refractivity contribution is 0.224. The molecule has 2 aromatic rings. The SMILES string of the molecule is Fc1ccccc1N1CCN(CCCOc2cc3c(cc2Cl)CCC3)CC1. The van der Waals surface area contributed by atoms with Gasteiger partial charge in [-0.3, -0.25) is 4.90 Å². The van der Waals surface area contributed by atoms with Crippen LogP contribution in [-0.2, 0) is 12.8 Å². The van der Waals surface area contributed by atoms with Crippen molar-refractivity contribution in [2.75, 3.05) is 44.2 Å². The molecule has 1 aliphatic heterocycles. The van der Waals surface area contributed by atoms with E-state index >= 15 is 0 Å². The van der Waals surface area contributed by atoms with E-state index in [-0.39, 0.29) is 5.82 Å². The molecule has 2 aliphatic rings. The quantitative estimate of drug-likeness (QED) is 0.675. The highest BCUT2D eigenvalue weighted by atomic mass is 35.5. The lowest BCUT2D eigenvalue weighted by Gasteiger charge is -2.36. The van der Waals surface area contributed by atoms with Gasteiger partial charge in [-0.2, -0.15) is 0 Å². The van der Waals surface area contributed by atoms with Crippen molar-refractivity contribution in [1.82, 2.24) is 4.90 Å². The number of fused-ring (bicyclic) bond motifs is 1. The fourth-order valence-corrected chi connectivity index (χ4v) is 4.31. The van der Waals surface area contributed by atoms with Crippen LogP contribution in [0.1, 0.15) is 24.0 Å². The molecule has 0 atom stereocenters. The molecule has 4 rings (SSSR count). The molecular weight excluding hydrogens is 363 g/mol. The summed E-state index contributed by atoms with van der Waals surface area (Å²) in [6.45, 7) is 5.29. The van der Waals surface area contributed by atoms with Crippen LogP contribution in [0.3, 0.4) is 0 Å². The molecule has 5 heteroatoms. The summed E-state index contributed by atoms with van der Waals surface area (Å²) in [7, 11) is 0. The third kappa shape index (κ3) is 4.39. The lowest BCUT2D eigenvalue weighted by Crippen LogP contribution is -2.47. The number of hydrogen-bond donors (Lipinski definition) is 0. The summed E-state index contributed by atoms with van der Waals surface area (Å²) in [5.74, 6) is 0.687. The van der Waals surface area contributed by atoms with Crippen LogP contribution in [0.25, 0.3) is 0 Å². The molecule has 2 aromatic carbocycles. The molecule has 1 heterocycles. The van der Waals surface area contributed by atoms with Crippen molar-refractivity contribution in [1.29, 1.82) is 0 Å². The number of ether oxygens (including phenoxy) is 1. The Bertz CT molecular complexity index is 790. The summed E-state index contributed by atoms with van der Waals surface area (Å²) >= 11 is 6.35. The number of rotatable bonds is 6. The standard InChI is InChI=1S/C22H26ClFN2O/c23-19-15-17-5-3-6-18(17)16-22(19)27-14-4-9-25-10-12-26(13-11-25)21-8-2-1-7-20(21)24/h1-2,7-8,15-16H,3-6,9-14H2. The van der Waals surface area contributed by atoms with Crippen molar-refractivity contribution in [3.05, 3.63) is 58.4 Å². The first-order valence-corrected chi connectivity index (χ1v) is 10.2. The number of benzene rings is 2. The molecule has 0 amide bonds. The minimum Gasteiger partial charge on any atom is -0.492 e. The highest BCUT2D eigenvalue weighted by Crippen LogP contribution is 2.33. The van der Waals surface area contributed by atoms with Gasteiger partial charge in [-0.25, -0.2) is 4.39 Å². The zero-order valence-electron chi connectivity index (χ0n) is 15.6. The minimum atomic E-state index is -0.134. The van der Waals surface area contributed by atoms with Crippen molar-refractivity contribution in [2.24, 2.45) is 0 Å². The molecule has 0 bridgehead atoms. The number of anilines is 1. The second kappa shape index (κ2) is 8.49. The first-order valence-electron chi connectivity index (χ1n) is 9.86. The molecule has 27 heavy (non-hydrogen) atoms. The summed E-state index contributed by atoms with van der Waals surface area (Å²) in [5, 5.41) is 0.731. The van der Waals surface area contributed by atoms with E-state index < -0.39 is 0 Å². The molecule has 1 aliphatic carbocycles. The number of piperazine rings is 1. The van der Waals surface area contributed by atoms with Crippen molar-refractivity contribution in [3.63, 3.8) is 0 Å². The van der Waals surface area contributed by atoms with Gasteiger partial charge in [0, 0.05) is 32.7 Å². The van der Waals surface area contributed by atoms with Gasteiger partial charge >= 0.3 is 0 Å². The van der Waals surface area contributed by atoms with E-state index in [2.05, 4.69) is 21.9 Å². The van der Waals surface area contributed by atoms with E-state index in [1.54, 1.807) is 6.07 Å². The predicted octanol–water partition coefficient (Wildman–Crippen LogP) is 4.56. The Labute approximate surface area is 165 Å². The van der Waals surface area contributed by atoms with Crippen molar-refractivity contribution >= 4 is 17.3 Å². The van der Waals surface area contributed by atoms with E-state index in [0.29, 0.717) is 12.3 Å². The van der Waals surface area contributed by atoms with Gasteiger partial charge in [0.1, 0.15) is 11.6 Å². The van der Waals surface area contributed by atoms with Crippen LogP contribution >= 0.6 is 11.6 Å². The normalized spacial score (nSPS) is 17.2. The van der Waals surface area contributed by atoms with E-state index in [1.807, 2.05) is 12.1 Å². The number of nitrogens with zero attached hydrogens (tertiary/aromatic N) is 2. The van der Waals surface area contributed by atoms with Gasteiger partial charge in [0.15, 0.2) is 0 Å². The zero-order chi connectivity index (χ0) is 18.6. The van der Waals surface area contributed by atoms with Crippen LogP contribution in [0.5, 0.6) is 5.75 Å². The Morgan fingerprint density at radius 3 is 2.52 bits per heavy atom. The molecule has 0 saturated carbocycles. The Hall–Kier alpha value is -1.78. The first-order chi connectivity index (χ1) is 13.2. The Kier molecular flexibility index (Phi) is 5.84. The lowest BCUT2D eigenvalue weighted by atomic mass is 10.1. The number of hydrogen-bond acceptors (Lipinski definition) is 3. The zero-order valence-corrected chi connectivity index (χ0v) is 16.3. The highest BCUT2D eigenvalue weighted by molar-refractivity contribution is 6.32. The molecule has 144 valence electrons. The smallest absolute Gasteiger partial charge is 0.146 e. The number of aryl methyl sites for hydroxylation is 2. The van der Waals surface area contributed by atoms with E-state index in [0.717, 1.165) is 62.8 Å². The molecule has 0 aromatic heterocycles. The van der Waals surface area contributed by atoms with Crippen LogP contribution in [0.4, 0.5) is 10.1 Å². The molecule has 3 nitrogen and oxygen atoms in total. The largest absolute Gasteiger partial charge is 0.492 e. The Balaban J connectivity index is 1.21. The monoisotopic (exact) mass is 388 g/mol. The second-order valence-corrected chi connectivity index (χ2v) is 7.79. The minimum absolute atomic E-state index is 0.134. The number of para-hydroxylation sites is 1. The van der Waals surface area contributed by atoms with E-state index in [9.17, 15) is 4.39 Å². The van der Waals surface area contributed by atoms with Gasteiger partial charge in [0.2, 0.25) is 0 Å². The third-order valence-corrected chi connectivity index (χ3v) is 5.88. The highest BCUT2D eigenvalue weighted by Gasteiger charge is 2.19. The van der Waals surface area contributed by atoms with Gasteiger partial charge in [0.05, 0.1) is 17.3 Å². The molecule has 0 spiro atoms. The Morgan fingerprint density at radius 2 is 1.74 bits per heavy atom. The summed E-state index contributed by atoms with van der Waals surface area (Å²) in [5.41, 5.74) is 3.48. The van der Waals surface area contributed by atoms with Crippen LogP contribution in [-0.4, -0.2) is 44.2 Å². The summed E-state index contributed by atoms with van der Waals surface area (Å²) < 4.78 is 19.9. The average molecular weight is 389 g/mol. The van der Waals surface area contributed by atoms with Crippen molar-refractivity contribution in [2.45, 2.75) is 25.7 Å². The maximum absolute atomic E-state index is 13.9. The molecule has 0 radical (unpaired) electrons. The fraction of sp³-hybridized carbons (Fsp3) is 0.455. The van der Waals surface area contributed by atoms with Gasteiger partial charge < -0.3 is 9.64 Å². The predicted molar refractivity (Wildman–Crippen MR) is 109 cm³/mol. The maximum Gasteiger partial charge on any atom is 0.146 e. The van der Waals surface area contributed by atoms with Gasteiger partial charge in [-0.15, -0.1) is 0 Å². The molecular formula is C22H26ClFN2O. The fourth-order valence-electron chi connectivity index (χ4n) is 4.07. The first kappa shape index (κ1) is 18.6. The van der Waals surface area contributed by atoms with Crippen LogP contribution in [0.15, 0.2) is 36.4 Å². The molecule has 1 fully saturated rings. The number of halogens is 2. The van der Waals surface area contributed by atoms with Gasteiger partial charge in [-0.05, 0) is 61.1 Å². The molecule has 1 saturated heterocycles. The second-order valence-electron chi connectivity index (χ2n) is 7.39. The van der Waals surface area contributed by atoms with E-state index in [4.69, 9.17) is 16.3 Å². The van der Waals surface area contributed by atoms with Crippen LogP contribution in [0, 0.1) is 5.82 Å². The molecule has 0 N–H and O–H groups in total. The maximum atomic E-state index is 13.9. The van der Waals surface area contributed by atoms with Crippen LogP contribution in [0.2, 0.25) is 5.02 Å². The third-order valence-electron chi connectivity index (χ3n) is 5.59. The van der Waals surface area contributed by atoms with Crippen molar-refractivity contribution in [3.8, 4) is 5.75 Å². The summed E-state index contributed by atoms with van der Waals surface area (Å²) in [6, 6.07) is 11.2. The van der Waals surface area contributed by atoms with Gasteiger partial charge in [0.25, 0.3) is 0 Å². The molecule has 0 unspecified atom stereocenters. The summed E-state index contributed by atoms with van der Waals surface area (Å²) in [6.07, 6.45) is 4.45.